The lowest BCUT2D eigenvalue weighted by molar-refractivity contribution is -0.117. The monoisotopic (exact) mass is 180 g/mol. The molecule has 68 valence electrons. The Morgan fingerprint density at radius 3 is 2.92 bits per heavy atom. The van der Waals surface area contributed by atoms with Crippen LogP contribution in [0.5, 0.6) is 0 Å². The van der Waals surface area contributed by atoms with Crippen molar-refractivity contribution in [1.82, 2.24) is 4.98 Å². The maximum absolute atomic E-state index is 12.7. The van der Waals surface area contributed by atoms with Crippen LogP contribution in [0.15, 0.2) is 18.5 Å². The molecule has 1 amide bonds. The van der Waals surface area contributed by atoms with E-state index in [4.69, 9.17) is 0 Å². The van der Waals surface area contributed by atoms with E-state index in [1.54, 1.807) is 4.90 Å². The fraction of sp³-hybridized carbons (Fsp3) is 0.333. The second kappa shape index (κ2) is 3.12. The molecule has 0 radical (unpaired) electrons. The number of rotatable bonds is 1. The predicted molar refractivity (Wildman–Crippen MR) is 45.8 cm³/mol. The number of anilines is 1. The smallest absolute Gasteiger partial charge is 0.227 e. The van der Waals surface area contributed by atoms with Crippen LogP contribution in [0.25, 0.3) is 0 Å². The van der Waals surface area contributed by atoms with Gasteiger partial charge in [0, 0.05) is 19.0 Å². The molecule has 1 fully saturated rings. The lowest BCUT2D eigenvalue weighted by Crippen LogP contribution is -2.23. The number of nitrogens with zero attached hydrogens (tertiary/aromatic N) is 2. The molecule has 0 aromatic carbocycles. The Balaban J connectivity index is 2.29. The summed E-state index contributed by atoms with van der Waals surface area (Å²) in [7, 11) is 0. The predicted octanol–water partition coefficient (Wildman–Crippen LogP) is 1.35. The molecule has 2 heterocycles. The molecule has 0 spiro atoms. The molecule has 1 aliphatic rings. The quantitative estimate of drug-likeness (QED) is 0.653. The van der Waals surface area contributed by atoms with E-state index in [-0.39, 0.29) is 5.91 Å². The van der Waals surface area contributed by atoms with Gasteiger partial charge in [-0.05, 0) is 6.42 Å². The van der Waals surface area contributed by atoms with Crippen LogP contribution < -0.4 is 4.90 Å². The summed E-state index contributed by atoms with van der Waals surface area (Å²) in [5.41, 5.74) is 0.558. The first-order valence-electron chi connectivity index (χ1n) is 4.18. The summed E-state index contributed by atoms with van der Waals surface area (Å²) in [6.07, 6.45) is 4.03. The summed E-state index contributed by atoms with van der Waals surface area (Å²) in [4.78, 5) is 16.5. The van der Waals surface area contributed by atoms with E-state index >= 15 is 0 Å². The molecule has 0 saturated carbocycles. The van der Waals surface area contributed by atoms with Crippen LogP contribution in [0, 0.1) is 5.82 Å². The van der Waals surface area contributed by atoms with Gasteiger partial charge in [-0.3, -0.25) is 9.78 Å². The Morgan fingerprint density at radius 1 is 1.46 bits per heavy atom. The minimum atomic E-state index is -0.405. The first-order valence-corrected chi connectivity index (χ1v) is 4.18. The fourth-order valence-corrected chi connectivity index (χ4v) is 1.47. The highest BCUT2D eigenvalue weighted by Gasteiger charge is 2.21. The molecule has 1 aromatic heterocycles. The fourth-order valence-electron chi connectivity index (χ4n) is 1.47. The average molecular weight is 180 g/mol. The molecule has 0 aliphatic carbocycles. The second-order valence-corrected chi connectivity index (χ2v) is 3.01. The second-order valence-electron chi connectivity index (χ2n) is 3.01. The van der Waals surface area contributed by atoms with Crippen molar-refractivity contribution in [1.29, 1.82) is 0 Å². The van der Waals surface area contributed by atoms with Crippen LogP contribution in [0.1, 0.15) is 12.8 Å². The van der Waals surface area contributed by atoms with Gasteiger partial charge in [0.2, 0.25) is 5.91 Å². The largest absolute Gasteiger partial charge is 0.311 e. The Labute approximate surface area is 75.2 Å². The number of halogens is 1. The van der Waals surface area contributed by atoms with Gasteiger partial charge in [-0.1, -0.05) is 0 Å². The number of hydrogen-bond acceptors (Lipinski definition) is 2. The van der Waals surface area contributed by atoms with Crippen molar-refractivity contribution in [3.8, 4) is 0 Å². The molecule has 13 heavy (non-hydrogen) atoms. The minimum absolute atomic E-state index is 0.0485. The van der Waals surface area contributed by atoms with E-state index in [0.717, 1.165) is 12.6 Å². The summed E-state index contributed by atoms with van der Waals surface area (Å²) >= 11 is 0. The standard InChI is InChI=1S/C9H9FN2O/c10-7-4-8(6-11-5-7)12-3-1-2-9(12)13/h4-6H,1-3H2. The molecule has 1 saturated heterocycles. The van der Waals surface area contributed by atoms with Crippen LogP contribution in [0.3, 0.4) is 0 Å². The molecule has 0 unspecified atom stereocenters. The topological polar surface area (TPSA) is 33.2 Å². The Hall–Kier alpha value is -1.45. The van der Waals surface area contributed by atoms with Crippen molar-refractivity contribution < 1.29 is 9.18 Å². The number of carbonyl (C=O) groups excluding carboxylic acids is 1. The highest BCUT2D eigenvalue weighted by Crippen LogP contribution is 2.20. The molecule has 3 nitrogen and oxygen atoms in total. The molecule has 4 heteroatoms. The zero-order chi connectivity index (χ0) is 9.26. The first kappa shape index (κ1) is 8.16. The zero-order valence-electron chi connectivity index (χ0n) is 7.03. The van der Waals surface area contributed by atoms with Crippen molar-refractivity contribution in [3.63, 3.8) is 0 Å². The summed E-state index contributed by atoms with van der Waals surface area (Å²) in [5, 5.41) is 0. The summed E-state index contributed by atoms with van der Waals surface area (Å²) in [6, 6.07) is 1.33. The van der Waals surface area contributed by atoms with E-state index in [9.17, 15) is 9.18 Å². The lowest BCUT2D eigenvalue weighted by atomic mass is 10.4. The third-order valence-corrected chi connectivity index (χ3v) is 2.08. The van der Waals surface area contributed by atoms with Crippen LogP contribution in [-0.2, 0) is 4.79 Å². The van der Waals surface area contributed by atoms with E-state index in [1.807, 2.05) is 0 Å². The summed E-state index contributed by atoms with van der Waals surface area (Å²) in [5.74, 6) is -0.357. The van der Waals surface area contributed by atoms with Gasteiger partial charge in [0.05, 0.1) is 18.1 Å². The molecule has 2 rings (SSSR count). The molecular weight excluding hydrogens is 171 g/mol. The first-order chi connectivity index (χ1) is 6.27. The van der Waals surface area contributed by atoms with Gasteiger partial charge < -0.3 is 4.90 Å². The normalized spacial score (nSPS) is 16.7. The van der Waals surface area contributed by atoms with Crippen LogP contribution >= 0.6 is 0 Å². The van der Waals surface area contributed by atoms with Gasteiger partial charge in [-0.15, -0.1) is 0 Å². The van der Waals surface area contributed by atoms with E-state index in [2.05, 4.69) is 4.98 Å². The molecular formula is C9H9FN2O. The Morgan fingerprint density at radius 2 is 2.31 bits per heavy atom. The SMILES string of the molecule is O=C1CCCN1c1cncc(F)c1. The van der Waals surface area contributed by atoms with Crippen molar-refractivity contribution in [2.24, 2.45) is 0 Å². The van der Waals surface area contributed by atoms with Crippen molar-refractivity contribution >= 4 is 11.6 Å². The third-order valence-electron chi connectivity index (χ3n) is 2.08. The van der Waals surface area contributed by atoms with Crippen LogP contribution in [0.2, 0.25) is 0 Å². The van der Waals surface area contributed by atoms with Gasteiger partial charge in [-0.2, -0.15) is 0 Å². The molecule has 0 atom stereocenters. The van der Waals surface area contributed by atoms with Gasteiger partial charge in [-0.25, -0.2) is 4.39 Å². The van der Waals surface area contributed by atoms with Crippen LogP contribution in [0.4, 0.5) is 10.1 Å². The highest BCUT2D eigenvalue weighted by molar-refractivity contribution is 5.95. The molecule has 0 N–H and O–H groups in total. The van der Waals surface area contributed by atoms with Crippen molar-refractivity contribution in [2.45, 2.75) is 12.8 Å². The summed E-state index contributed by atoms with van der Waals surface area (Å²) < 4.78 is 12.7. The lowest BCUT2D eigenvalue weighted by Gasteiger charge is -2.14. The Kier molecular flexibility index (Phi) is 1.96. The number of pyridine rings is 1. The summed E-state index contributed by atoms with van der Waals surface area (Å²) in [6.45, 7) is 0.671. The molecule has 1 aromatic rings. The van der Waals surface area contributed by atoms with E-state index in [0.29, 0.717) is 18.7 Å². The van der Waals surface area contributed by atoms with E-state index < -0.39 is 5.82 Å². The van der Waals surface area contributed by atoms with Crippen molar-refractivity contribution in [2.75, 3.05) is 11.4 Å². The Bertz CT molecular complexity index is 340. The zero-order valence-corrected chi connectivity index (χ0v) is 7.03. The maximum atomic E-state index is 12.7. The average Bonchev–Trinajstić information content (AvgIpc) is 2.51. The highest BCUT2D eigenvalue weighted by atomic mass is 19.1. The van der Waals surface area contributed by atoms with E-state index in [1.165, 1.54) is 12.3 Å². The van der Waals surface area contributed by atoms with Crippen LogP contribution in [-0.4, -0.2) is 17.4 Å². The van der Waals surface area contributed by atoms with Gasteiger partial charge in [0.15, 0.2) is 0 Å². The molecule has 0 bridgehead atoms. The van der Waals surface area contributed by atoms with Crippen molar-refractivity contribution in [3.05, 3.63) is 24.3 Å². The number of carbonyl (C=O) groups is 1. The third kappa shape index (κ3) is 1.52. The molecule has 1 aliphatic heterocycles. The number of hydrogen-bond donors (Lipinski definition) is 0. The van der Waals surface area contributed by atoms with Gasteiger partial charge in [0.25, 0.3) is 0 Å². The maximum Gasteiger partial charge on any atom is 0.227 e. The van der Waals surface area contributed by atoms with Gasteiger partial charge in [0.1, 0.15) is 5.82 Å². The van der Waals surface area contributed by atoms with Gasteiger partial charge >= 0.3 is 0 Å². The number of amides is 1. The minimum Gasteiger partial charge on any atom is -0.311 e. The number of aromatic nitrogens is 1.